The third-order valence-corrected chi connectivity index (χ3v) is 21.3. The van der Waals surface area contributed by atoms with Crippen LogP contribution in [0.25, 0.3) is 90.1 Å². The summed E-state index contributed by atoms with van der Waals surface area (Å²) in [5, 5.41) is 21.6. The molecule has 0 spiro atoms. The van der Waals surface area contributed by atoms with E-state index in [0.717, 1.165) is 34.1 Å². The Labute approximate surface area is 787 Å². The molecule has 16 aromatic rings. The smallest absolute Gasteiger partial charge is 0.323 e. The number of imidazole rings is 4. The topological polar surface area (TPSA) is 331 Å². The van der Waals surface area contributed by atoms with Gasteiger partial charge in [-0.2, -0.15) is 0 Å². The molecule has 0 bridgehead atoms. The van der Waals surface area contributed by atoms with Crippen molar-refractivity contribution in [3.05, 3.63) is 334 Å². The van der Waals surface area contributed by atoms with Gasteiger partial charge in [-0.3, -0.25) is 19.9 Å². The molecule has 16 rings (SSSR count). The van der Waals surface area contributed by atoms with Crippen molar-refractivity contribution in [1.82, 2.24) is 59.8 Å². The van der Waals surface area contributed by atoms with Crippen LogP contribution < -0.4 is 42.5 Å². The van der Waals surface area contributed by atoms with E-state index >= 15 is 17.6 Å². The standard InChI is InChI=1S/C25H22Cl2FN5O.C25H22ClF2N5O.C25H23ClFN5O.C25H23F2N5O/c1-25(2,3)23-32-21(14-9-11-29-12-10-14)22(33-23)16-5-4-6-19(20(16)28)31-24(34)30-15-7-8-17(26)18(27)13-15;1-25(2,3)23-32-21(14-9-11-29-12-10-14)22(33-23)16-5-4-6-19(20(16)28)31-24(34)30-18-8-7-15(26)13-17(18)27;1-25(2,3)23-31-21(15-10-12-28-13-11-15)22(32-23)18-8-5-9-19(20(18)27)30-24(33)29-17-7-4-6-16(26)14-17;1-25(2,3)23-31-21(15-11-13-28-14-12-15)22(32-23)18-5-4-6-19(20(18)27)30-24(33)29-17-9-7-16(26)8-10-17/h2*4-13H,1-3H3,(H,32,33)(H2,30,31,34);2*4-14H,1-3H3,(H,31,32)(H2,29,30,33). The zero-order chi connectivity index (χ0) is 96.1. The Kier molecular flexibility index (Phi) is 30.0. The molecule has 8 aromatic heterocycles. The summed E-state index contributed by atoms with van der Waals surface area (Å²) >= 11 is 23.6. The second-order valence-corrected chi connectivity index (χ2v) is 36.1. The van der Waals surface area contributed by atoms with Crippen molar-refractivity contribution < 1.29 is 45.5 Å². The van der Waals surface area contributed by atoms with E-state index in [9.17, 15) is 28.0 Å². The molecule has 8 heterocycles. The van der Waals surface area contributed by atoms with E-state index < -0.39 is 59.0 Å². The molecule has 34 heteroatoms. The van der Waals surface area contributed by atoms with Crippen molar-refractivity contribution in [3.8, 4) is 90.1 Å². The molecule has 0 aliphatic heterocycles. The highest BCUT2D eigenvalue weighted by Gasteiger charge is 2.31. The fourth-order valence-corrected chi connectivity index (χ4v) is 13.9. The first kappa shape index (κ1) is 96.6. The molecule has 0 radical (unpaired) electrons. The molecule has 8 amide bonds. The average molecular weight is 1890 g/mol. The Morgan fingerprint density at radius 2 is 0.552 bits per heavy atom. The quantitative estimate of drug-likeness (QED) is 0.0402. The second-order valence-electron chi connectivity index (χ2n) is 34.4. The number of urea groups is 4. The van der Waals surface area contributed by atoms with Crippen molar-refractivity contribution >= 4 is 116 Å². The zero-order valence-corrected chi connectivity index (χ0v) is 77.3. The lowest BCUT2D eigenvalue weighted by atomic mass is 9.96. The fraction of sp³-hybridized carbons (Fsp3) is 0.160. The van der Waals surface area contributed by atoms with Gasteiger partial charge < -0.3 is 62.5 Å². The molecule has 0 fully saturated rings. The van der Waals surface area contributed by atoms with E-state index in [4.69, 9.17) is 66.3 Å². The number of nitrogens with one attached hydrogen (secondary N) is 12. The lowest BCUT2D eigenvalue weighted by molar-refractivity contribution is 0.261. The van der Waals surface area contributed by atoms with E-state index in [1.807, 2.05) is 119 Å². The maximum atomic E-state index is 15.6. The Hall–Kier alpha value is -15.0. The van der Waals surface area contributed by atoms with Crippen molar-refractivity contribution in [2.45, 2.75) is 105 Å². The van der Waals surface area contributed by atoms with Gasteiger partial charge in [-0.1, -0.05) is 160 Å². The van der Waals surface area contributed by atoms with Crippen LogP contribution in [-0.4, -0.2) is 83.9 Å². The number of nitrogens with zero attached hydrogens (tertiary/aromatic N) is 8. The minimum Gasteiger partial charge on any atom is -0.341 e. The number of carbonyl (C=O) groups is 4. The largest absolute Gasteiger partial charge is 0.341 e. The normalized spacial score (nSPS) is 11.3. The summed E-state index contributed by atoms with van der Waals surface area (Å²) in [5.74, 6) is -0.724. The minimum absolute atomic E-state index is 0.000279. The predicted molar refractivity (Wildman–Crippen MR) is 520 cm³/mol. The van der Waals surface area contributed by atoms with Crippen LogP contribution in [-0.2, 0) is 21.7 Å². The van der Waals surface area contributed by atoms with E-state index in [1.54, 1.807) is 147 Å². The number of amides is 8. The predicted octanol–water partition coefficient (Wildman–Crippen LogP) is 27.8. The Bertz CT molecular complexity index is 6920. The van der Waals surface area contributed by atoms with E-state index in [0.29, 0.717) is 101 Å². The summed E-state index contributed by atoms with van der Waals surface area (Å²) in [7, 11) is 0. The van der Waals surface area contributed by atoms with Gasteiger partial charge in [-0.25, -0.2) is 65.5 Å². The van der Waals surface area contributed by atoms with Crippen molar-refractivity contribution in [1.29, 1.82) is 0 Å². The molecule has 24 nitrogen and oxygen atoms in total. The fourth-order valence-electron chi connectivity index (χ4n) is 13.2. The highest BCUT2D eigenvalue weighted by molar-refractivity contribution is 6.42. The average Bonchev–Trinajstić information content (AvgIpc) is 1.64. The number of hydrogen-bond acceptors (Lipinski definition) is 12. The van der Waals surface area contributed by atoms with Gasteiger partial charge in [0.15, 0.2) is 23.3 Å². The molecule has 0 unspecified atom stereocenters. The van der Waals surface area contributed by atoms with Crippen LogP contribution in [0.3, 0.4) is 0 Å². The highest BCUT2D eigenvalue weighted by Crippen LogP contribution is 2.43. The van der Waals surface area contributed by atoms with Gasteiger partial charge in [-0.15, -0.1) is 0 Å². The molecular formula is C100H90Cl4F6N20O4. The van der Waals surface area contributed by atoms with Gasteiger partial charge in [0.25, 0.3) is 0 Å². The van der Waals surface area contributed by atoms with Crippen LogP contribution in [0.2, 0.25) is 20.1 Å². The van der Waals surface area contributed by atoms with E-state index in [2.05, 4.69) is 82.4 Å². The number of halogens is 10. The van der Waals surface area contributed by atoms with Crippen LogP contribution in [0.5, 0.6) is 0 Å². The molecule has 0 aliphatic rings. The van der Waals surface area contributed by atoms with Crippen LogP contribution in [0, 0.1) is 34.9 Å². The maximum Gasteiger partial charge on any atom is 0.323 e. The molecule has 0 atom stereocenters. The first-order valence-electron chi connectivity index (χ1n) is 41.6. The molecule has 8 aromatic carbocycles. The van der Waals surface area contributed by atoms with Gasteiger partial charge in [0, 0.05) is 143 Å². The summed E-state index contributed by atoms with van der Waals surface area (Å²) < 4.78 is 89.5. The number of H-pyrrole nitrogens is 4. The Morgan fingerprint density at radius 1 is 0.276 bits per heavy atom. The number of aromatic nitrogens is 12. The first-order chi connectivity index (χ1) is 63.7. The van der Waals surface area contributed by atoms with Gasteiger partial charge in [0.05, 0.1) is 84.0 Å². The number of carbonyl (C=O) groups excluding carboxylic acids is 4. The van der Waals surface area contributed by atoms with Gasteiger partial charge in [-0.05, 0) is 176 Å². The molecular weight excluding hydrogens is 1800 g/mol. The van der Waals surface area contributed by atoms with Gasteiger partial charge >= 0.3 is 24.1 Å². The number of hydrogen-bond donors (Lipinski definition) is 12. The van der Waals surface area contributed by atoms with Crippen LogP contribution in [0.1, 0.15) is 106 Å². The third kappa shape index (κ3) is 24.2. The molecule has 0 saturated carbocycles. The van der Waals surface area contributed by atoms with Crippen LogP contribution >= 0.6 is 46.4 Å². The Balaban J connectivity index is 0.000000152. The number of rotatable bonds is 16. The zero-order valence-electron chi connectivity index (χ0n) is 74.2. The van der Waals surface area contributed by atoms with Crippen molar-refractivity contribution in [3.63, 3.8) is 0 Å². The SMILES string of the molecule is CC(C)(C)c1nc(-c2ccncc2)c(-c2cccc(NC(=O)Nc3ccc(Cl)c(Cl)c3)c2F)[nH]1.CC(C)(C)c1nc(-c2ccncc2)c(-c2cccc(NC(=O)Nc3ccc(Cl)cc3F)c2F)[nH]1.CC(C)(C)c1nc(-c2ccncc2)c(-c2cccc(NC(=O)Nc3ccc(F)cc3)c2F)[nH]1.CC(C)(C)c1nc(-c2ccncc2)c(-c2cccc(NC(=O)Nc3cccc(Cl)c3)c2F)[nH]1. The minimum atomic E-state index is -0.799. The first-order valence-corrected chi connectivity index (χ1v) is 43.1. The molecule has 0 aliphatic carbocycles. The summed E-state index contributed by atoms with van der Waals surface area (Å²) in [4.78, 5) is 98.1. The molecule has 12 N–H and O–H groups in total. The summed E-state index contributed by atoms with van der Waals surface area (Å²) in [6.07, 6.45) is 13.2. The van der Waals surface area contributed by atoms with Crippen molar-refractivity contribution in [2.75, 3.05) is 42.5 Å². The lowest BCUT2D eigenvalue weighted by Gasteiger charge is -2.14. The number of aromatic amines is 4. The molecule has 134 heavy (non-hydrogen) atoms. The van der Waals surface area contributed by atoms with Gasteiger partial charge in [0.1, 0.15) is 34.9 Å². The summed E-state index contributed by atoms with van der Waals surface area (Å²) in [6, 6.07) is 51.3. The molecule has 684 valence electrons. The summed E-state index contributed by atoms with van der Waals surface area (Å²) in [6.45, 7) is 24.2. The Morgan fingerprint density at radius 3 is 0.851 bits per heavy atom. The lowest BCUT2D eigenvalue weighted by Crippen LogP contribution is -2.21. The monoisotopic (exact) mass is 1890 g/mol. The number of anilines is 8. The highest BCUT2D eigenvalue weighted by atomic mass is 35.5. The number of benzene rings is 8. The van der Waals surface area contributed by atoms with Crippen molar-refractivity contribution in [2.24, 2.45) is 0 Å². The summed E-state index contributed by atoms with van der Waals surface area (Å²) in [5.41, 5.74) is 8.68. The number of pyridine rings is 4. The van der Waals surface area contributed by atoms with Crippen LogP contribution in [0.4, 0.5) is 91.0 Å². The maximum absolute atomic E-state index is 15.6. The van der Waals surface area contributed by atoms with Crippen LogP contribution in [0.15, 0.2) is 256 Å². The van der Waals surface area contributed by atoms with E-state index in [-0.39, 0.29) is 71.8 Å². The third-order valence-electron chi connectivity index (χ3n) is 20.1. The van der Waals surface area contributed by atoms with Gasteiger partial charge in [0.2, 0.25) is 0 Å². The molecule has 0 saturated heterocycles. The second kappa shape index (κ2) is 41.6. The van der Waals surface area contributed by atoms with E-state index in [1.165, 1.54) is 66.7 Å².